The second-order valence-corrected chi connectivity index (χ2v) is 4.56. The first kappa shape index (κ1) is 14.2. The molecule has 0 aromatic heterocycles. The third kappa shape index (κ3) is 2.52. The Morgan fingerprint density at radius 3 is 1.69 bits per heavy atom. The molecule has 0 bridgehead atoms. The van der Waals surface area contributed by atoms with Gasteiger partial charge in [-0.25, -0.2) is 4.79 Å². The van der Waals surface area contributed by atoms with Crippen LogP contribution in [0.2, 0.25) is 25.1 Å². The first-order valence-electron chi connectivity index (χ1n) is 4.10. The van der Waals surface area contributed by atoms with Gasteiger partial charge in [-0.3, -0.25) is 0 Å². The van der Waals surface area contributed by atoms with E-state index < -0.39 is 5.97 Å². The van der Waals surface area contributed by atoms with E-state index in [0.717, 1.165) is 0 Å². The van der Waals surface area contributed by atoms with Gasteiger partial charge in [0.1, 0.15) is 0 Å². The van der Waals surface area contributed by atoms with Gasteiger partial charge < -0.3 is 4.74 Å². The average molecular weight is 322 g/mol. The van der Waals surface area contributed by atoms with Crippen molar-refractivity contribution >= 4 is 64.0 Å². The van der Waals surface area contributed by atoms with Gasteiger partial charge in [0.15, 0.2) is 0 Å². The van der Waals surface area contributed by atoms with Crippen molar-refractivity contribution in [2.45, 2.75) is 6.92 Å². The van der Waals surface area contributed by atoms with Crippen molar-refractivity contribution in [2.75, 3.05) is 6.61 Å². The molecule has 0 radical (unpaired) electrons. The van der Waals surface area contributed by atoms with Crippen molar-refractivity contribution in [2.24, 2.45) is 0 Å². The highest BCUT2D eigenvalue weighted by molar-refractivity contribution is 6.56. The maximum atomic E-state index is 11.6. The second-order valence-electron chi connectivity index (χ2n) is 2.67. The number of carbonyl (C=O) groups excluding carboxylic acids is 1. The normalized spacial score (nSPS) is 10.4. The van der Waals surface area contributed by atoms with Crippen LogP contribution in [0.1, 0.15) is 17.3 Å². The van der Waals surface area contributed by atoms with Crippen molar-refractivity contribution in [1.29, 1.82) is 0 Å². The second kappa shape index (κ2) is 5.65. The predicted octanol–water partition coefficient (Wildman–Crippen LogP) is 5.13. The zero-order valence-electron chi connectivity index (χ0n) is 7.91. The summed E-state index contributed by atoms with van der Waals surface area (Å²) in [6.45, 7) is 1.84. The minimum absolute atomic E-state index is 0.00591. The Hall–Kier alpha value is 0.140. The molecule has 1 aromatic carbocycles. The molecule has 0 saturated carbocycles. The number of hydrogen-bond acceptors (Lipinski definition) is 2. The first-order chi connectivity index (χ1) is 7.41. The standard InChI is InChI=1S/C9H5Cl5O2/c1-2-16-9(15)3-4(10)6(12)8(14)7(13)5(3)11/h2H2,1H3. The Bertz CT molecular complexity index is 415. The van der Waals surface area contributed by atoms with E-state index in [9.17, 15) is 4.79 Å². The van der Waals surface area contributed by atoms with Crippen molar-refractivity contribution in [3.63, 3.8) is 0 Å². The molecule has 0 aliphatic rings. The highest BCUT2D eigenvalue weighted by Crippen LogP contribution is 2.44. The van der Waals surface area contributed by atoms with Crippen molar-refractivity contribution in [3.8, 4) is 0 Å². The largest absolute Gasteiger partial charge is 0.462 e. The molecule has 0 fully saturated rings. The van der Waals surface area contributed by atoms with Crippen LogP contribution in [0.5, 0.6) is 0 Å². The lowest BCUT2D eigenvalue weighted by molar-refractivity contribution is 0.0527. The van der Waals surface area contributed by atoms with Gasteiger partial charge in [-0.1, -0.05) is 58.0 Å². The number of hydrogen-bond donors (Lipinski definition) is 0. The topological polar surface area (TPSA) is 26.3 Å². The maximum Gasteiger partial charge on any atom is 0.341 e. The van der Waals surface area contributed by atoms with E-state index in [-0.39, 0.29) is 37.3 Å². The molecule has 1 aromatic rings. The summed E-state index contributed by atoms with van der Waals surface area (Å²) in [5.74, 6) is -0.696. The third-order valence-corrected chi connectivity index (χ3v) is 3.97. The summed E-state index contributed by atoms with van der Waals surface area (Å²) in [5, 5.41) is -0.188. The monoisotopic (exact) mass is 320 g/mol. The molecule has 0 atom stereocenters. The van der Waals surface area contributed by atoms with E-state index in [2.05, 4.69) is 0 Å². The summed E-state index contributed by atoms with van der Waals surface area (Å²) >= 11 is 29.0. The van der Waals surface area contributed by atoms with Crippen LogP contribution < -0.4 is 0 Å². The summed E-state index contributed by atoms with van der Waals surface area (Å²) in [6, 6.07) is 0. The minimum atomic E-state index is -0.696. The molecule has 0 amide bonds. The molecule has 0 spiro atoms. The Labute approximate surface area is 117 Å². The molecular formula is C9H5Cl5O2. The van der Waals surface area contributed by atoms with Gasteiger partial charge >= 0.3 is 5.97 Å². The van der Waals surface area contributed by atoms with Crippen LogP contribution in [0.15, 0.2) is 0 Å². The Morgan fingerprint density at radius 2 is 1.31 bits per heavy atom. The molecule has 0 N–H and O–H groups in total. The number of esters is 1. The van der Waals surface area contributed by atoms with Gasteiger partial charge in [0.25, 0.3) is 0 Å². The minimum Gasteiger partial charge on any atom is -0.462 e. The van der Waals surface area contributed by atoms with Crippen LogP contribution in [0, 0.1) is 0 Å². The average Bonchev–Trinajstić information content (AvgIpc) is 2.24. The van der Waals surface area contributed by atoms with Crippen LogP contribution in [0.3, 0.4) is 0 Å². The van der Waals surface area contributed by atoms with E-state index in [1.807, 2.05) is 0 Å². The molecular weight excluding hydrogens is 317 g/mol. The number of ether oxygens (including phenoxy) is 1. The number of rotatable bonds is 2. The van der Waals surface area contributed by atoms with E-state index in [4.69, 9.17) is 62.7 Å². The lowest BCUT2D eigenvalue weighted by Crippen LogP contribution is -2.07. The first-order valence-corrected chi connectivity index (χ1v) is 5.99. The van der Waals surface area contributed by atoms with E-state index in [1.54, 1.807) is 6.92 Å². The fourth-order valence-electron chi connectivity index (χ4n) is 0.987. The highest BCUT2D eigenvalue weighted by Gasteiger charge is 2.24. The zero-order chi connectivity index (χ0) is 12.5. The molecule has 1 rings (SSSR count). The van der Waals surface area contributed by atoms with Gasteiger partial charge in [0.2, 0.25) is 0 Å². The summed E-state index contributed by atoms with van der Waals surface area (Å²) in [6.07, 6.45) is 0. The van der Waals surface area contributed by atoms with Gasteiger partial charge in [-0.15, -0.1) is 0 Å². The molecule has 16 heavy (non-hydrogen) atoms. The summed E-state index contributed by atoms with van der Waals surface area (Å²) in [4.78, 5) is 11.6. The van der Waals surface area contributed by atoms with E-state index in [0.29, 0.717) is 0 Å². The summed E-state index contributed by atoms with van der Waals surface area (Å²) in [5.41, 5.74) is -0.0791. The predicted molar refractivity (Wildman–Crippen MR) is 67.4 cm³/mol. The molecule has 88 valence electrons. The van der Waals surface area contributed by atoms with Crippen LogP contribution >= 0.6 is 58.0 Å². The van der Waals surface area contributed by atoms with Crippen LogP contribution in [-0.4, -0.2) is 12.6 Å². The quantitative estimate of drug-likeness (QED) is 0.428. The number of benzene rings is 1. The molecule has 0 saturated heterocycles. The van der Waals surface area contributed by atoms with E-state index in [1.165, 1.54) is 0 Å². The van der Waals surface area contributed by atoms with Crippen molar-refractivity contribution < 1.29 is 9.53 Å². The molecule has 0 heterocycles. The molecule has 0 aliphatic heterocycles. The number of halogens is 5. The molecule has 7 heteroatoms. The fourth-order valence-corrected chi connectivity index (χ4v) is 2.28. The SMILES string of the molecule is CCOC(=O)c1c(Cl)c(Cl)c(Cl)c(Cl)c1Cl. The van der Waals surface area contributed by atoms with Crippen molar-refractivity contribution in [1.82, 2.24) is 0 Å². The Morgan fingerprint density at radius 1 is 0.938 bits per heavy atom. The molecule has 0 unspecified atom stereocenters. The third-order valence-electron chi connectivity index (χ3n) is 1.69. The lowest BCUT2D eigenvalue weighted by Gasteiger charge is -2.11. The smallest absolute Gasteiger partial charge is 0.341 e. The summed E-state index contributed by atoms with van der Waals surface area (Å²) in [7, 11) is 0. The highest BCUT2D eigenvalue weighted by atomic mass is 35.5. The van der Waals surface area contributed by atoms with Gasteiger partial charge in [-0.05, 0) is 6.92 Å². The van der Waals surface area contributed by atoms with Crippen LogP contribution in [0.25, 0.3) is 0 Å². The van der Waals surface area contributed by atoms with Gasteiger partial charge in [0.05, 0.1) is 37.3 Å². The summed E-state index contributed by atoms with van der Waals surface area (Å²) < 4.78 is 4.77. The van der Waals surface area contributed by atoms with Crippen LogP contribution in [0.4, 0.5) is 0 Å². The fraction of sp³-hybridized carbons (Fsp3) is 0.222. The lowest BCUT2D eigenvalue weighted by atomic mass is 10.2. The molecule has 2 nitrogen and oxygen atoms in total. The van der Waals surface area contributed by atoms with Crippen LogP contribution in [-0.2, 0) is 4.74 Å². The maximum absolute atomic E-state index is 11.6. The Balaban J connectivity index is 3.45. The van der Waals surface area contributed by atoms with E-state index >= 15 is 0 Å². The zero-order valence-corrected chi connectivity index (χ0v) is 11.7. The number of carbonyl (C=O) groups is 1. The van der Waals surface area contributed by atoms with Crippen molar-refractivity contribution in [3.05, 3.63) is 30.7 Å². The Kier molecular flexibility index (Phi) is 5.02. The van der Waals surface area contributed by atoms with Gasteiger partial charge in [-0.2, -0.15) is 0 Å². The van der Waals surface area contributed by atoms with Gasteiger partial charge in [0, 0.05) is 0 Å². The molecule has 0 aliphatic carbocycles.